The number of hydrogen-bond acceptors (Lipinski definition) is 5. The number of thiophene rings is 1. The van der Waals surface area contributed by atoms with E-state index < -0.39 is 0 Å². The van der Waals surface area contributed by atoms with Crippen LogP contribution in [0.25, 0.3) is 81.2 Å². The van der Waals surface area contributed by atoms with E-state index in [1.165, 1.54) is 92.3 Å². The smallest absolute Gasteiger partial charge is 0.137 e. The van der Waals surface area contributed by atoms with Gasteiger partial charge in [-0.25, -0.2) is 4.98 Å². The lowest BCUT2D eigenvalue weighted by molar-refractivity contribution is 0.483. The van der Waals surface area contributed by atoms with Gasteiger partial charge in [0.1, 0.15) is 24.0 Å². The van der Waals surface area contributed by atoms with E-state index in [1.807, 2.05) is 17.5 Å². The van der Waals surface area contributed by atoms with Crippen LogP contribution in [0.3, 0.4) is 0 Å². The fraction of sp³-hybridized carbons (Fsp3) is 0.263. The lowest BCUT2D eigenvalue weighted by atomic mass is 9.74. The first-order valence-corrected chi connectivity index (χ1v) is 31.4. The summed E-state index contributed by atoms with van der Waals surface area (Å²) in [5, 5.41) is 4.96. The molecule has 4 heterocycles. The summed E-state index contributed by atoms with van der Waals surface area (Å²) in [6.07, 6.45) is 1.96. The van der Waals surface area contributed by atoms with Gasteiger partial charge in [0.25, 0.3) is 0 Å². The van der Waals surface area contributed by atoms with Gasteiger partial charge in [-0.1, -0.05) is 225 Å². The zero-order chi connectivity index (χ0) is 60.4. The fourth-order valence-corrected chi connectivity index (χ4v) is 14.3. The SMILES string of the molecule is CC(C)(C)c1ccc(-c2cccc(-c3ccc(C(C)(C)C)cc3)c2N2CN(c3cc(Oc4ccc5c6c7sc8ccccc8c7ccc6n(-c6cc(C(C)(C)C)ccn6)c5c4)cc(-c4c(C(C)(C)C)cccc4C(C)(C)C)c3)c3ccccc32)cc1. The van der Waals surface area contributed by atoms with Crippen molar-refractivity contribution in [2.75, 3.05) is 16.5 Å². The Kier molecular flexibility index (Phi) is 13.6. The minimum Gasteiger partial charge on any atom is -0.457 e. The third kappa shape index (κ3) is 10.1. The molecule has 0 unspecified atom stereocenters. The number of anilines is 4. The topological polar surface area (TPSA) is 33.5 Å². The van der Waals surface area contributed by atoms with E-state index in [0.29, 0.717) is 6.67 Å². The Morgan fingerprint density at radius 1 is 0.419 bits per heavy atom. The van der Waals surface area contributed by atoms with Crippen molar-refractivity contribution >= 4 is 76.1 Å². The Morgan fingerprint density at radius 2 is 0.988 bits per heavy atom. The maximum Gasteiger partial charge on any atom is 0.137 e. The third-order valence-electron chi connectivity index (χ3n) is 17.7. The number of benzene rings is 9. The van der Waals surface area contributed by atoms with Gasteiger partial charge < -0.3 is 14.5 Å². The van der Waals surface area contributed by atoms with Gasteiger partial charge in [0.15, 0.2) is 0 Å². The summed E-state index contributed by atoms with van der Waals surface area (Å²) in [5.74, 6) is 2.40. The van der Waals surface area contributed by atoms with E-state index in [2.05, 4.69) is 312 Å². The zero-order valence-electron chi connectivity index (χ0n) is 52.9. The highest BCUT2D eigenvalue weighted by atomic mass is 32.1. The van der Waals surface area contributed by atoms with Gasteiger partial charge in [-0.05, 0) is 138 Å². The summed E-state index contributed by atoms with van der Waals surface area (Å²) in [7, 11) is 0. The molecule has 1 aliphatic heterocycles. The first-order chi connectivity index (χ1) is 40.8. The van der Waals surface area contributed by atoms with E-state index in [4.69, 9.17) is 9.72 Å². The molecule has 0 N–H and O–H groups in total. The van der Waals surface area contributed by atoms with Gasteiger partial charge in [0.05, 0.1) is 28.1 Å². The monoisotopic (exact) mass is 1140 g/mol. The Morgan fingerprint density at radius 3 is 1.59 bits per heavy atom. The second-order valence-electron chi connectivity index (χ2n) is 29.0. The minimum atomic E-state index is -0.155. The Labute approximate surface area is 513 Å². The van der Waals surface area contributed by atoms with Crippen molar-refractivity contribution < 1.29 is 4.74 Å². The van der Waals surface area contributed by atoms with Crippen molar-refractivity contribution in [3.05, 3.63) is 228 Å². The van der Waals surface area contributed by atoms with Crippen molar-refractivity contribution in [1.82, 2.24) is 9.55 Å². The molecule has 0 saturated heterocycles. The molecule has 0 spiro atoms. The zero-order valence-corrected chi connectivity index (χ0v) is 53.7. The number of rotatable bonds is 8. The molecule has 13 rings (SSSR count). The van der Waals surface area contributed by atoms with Crippen molar-refractivity contribution in [1.29, 1.82) is 0 Å². The average molecular weight is 1150 g/mol. The van der Waals surface area contributed by atoms with Gasteiger partial charge in [-0.15, -0.1) is 11.3 Å². The highest BCUT2D eigenvalue weighted by Crippen LogP contribution is 2.53. The van der Waals surface area contributed by atoms with Crippen LogP contribution in [-0.2, 0) is 27.1 Å². The molecule has 0 fully saturated rings. The molecule has 0 atom stereocenters. The molecule has 0 bridgehead atoms. The Bertz CT molecular complexity index is 4490. The number of pyridine rings is 1. The summed E-state index contributed by atoms with van der Waals surface area (Å²) in [6.45, 7) is 35.1. The van der Waals surface area contributed by atoms with E-state index in [1.54, 1.807) is 0 Å². The largest absolute Gasteiger partial charge is 0.457 e. The molecule has 12 aromatic rings. The molecule has 3 aromatic heterocycles. The minimum absolute atomic E-state index is 0.0282. The molecule has 1 aliphatic rings. The van der Waals surface area contributed by atoms with Crippen LogP contribution in [0.4, 0.5) is 22.7 Å². The molecule has 0 saturated carbocycles. The highest BCUT2D eigenvalue weighted by Gasteiger charge is 2.34. The van der Waals surface area contributed by atoms with Gasteiger partial charge in [0, 0.05) is 66.1 Å². The summed E-state index contributed by atoms with van der Waals surface area (Å²) < 4.78 is 12.4. The quantitative estimate of drug-likeness (QED) is 0.152. The molecule has 0 radical (unpaired) electrons. The van der Waals surface area contributed by atoms with Crippen LogP contribution < -0.4 is 14.5 Å². The van der Waals surface area contributed by atoms with Crippen LogP contribution in [0.5, 0.6) is 11.5 Å². The first kappa shape index (κ1) is 56.7. The van der Waals surface area contributed by atoms with Crippen molar-refractivity contribution in [2.45, 2.75) is 131 Å². The standard InChI is InChI=1S/C80H80N4OS/c1-76(2,3)53-34-30-50(31-35-53)59-23-20-24-60(51-32-36-54(37-33-51)77(4,5)6)74(59)83-49-82(66-27-17-18-28-67(66)83)56-44-52(72-64(79(10,11)12)25-21-26-65(72)80(13,14)15)45-58(47-56)85-57-38-39-63-69(48-57)84(71-46-55(42-43-81-71)78(7,8)9)68-41-40-62-61-22-16-19-29-70(61)86-75(62)73(63)68/h16-48H,49H2,1-15H3. The highest BCUT2D eigenvalue weighted by molar-refractivity contribution is 7.26. The number of ether oxygens (including phenoxy) is 1. The normalized spacial score (nSPS) is 13.4. The lowest BCUT2D eigenvalue weighted by Crippen LogP contribution is -2.25. The number of fused-ring (bicyclic) bond motifs is 8. The molecule has 86 heavy (non-hydrogen) atoms. The van der Waals surface area contributed by atoms with Gasteiger partial charge in [0.2, 0.25) is 0 Å². The number of para-hydroxylation sites is 3. The van der Waals surface area contributed by atoms with Crippen LogP contribution in [0.2, 0.25) is 0 Å². The lowest BCUT2D eigenvalue weighted by Gasteiger charge is -2.31. The van der Waals surface area contributed by atoms with Crippen molar-refractivity contribution in [2.24, 2.45) is 0 Å². The average Bonchev–Trinajstić information content (AvgIpc) is 1.64. The summed E-state index contributed by atoms with van der Waals surface area (Å²) in [4.78, 5) is 10.2. The van der Waals surface area contributed by atoms with Crippen LogP contribution >= 0.6 is 11.3 Å². The predicted molar refractivity (Wildman–Crippen MR) is 370 cm³/mol. The maximum atomic E-state index is 7.45. The molecule has 0 aliphatic carbocycles. The predicted octanol–water partition coefficient (Wildman–Crippen LogP) is 23.1. The first-order valence-electron chi connectivity index (χ1n) is 30.6. The van der Waals surface area contributed by atoms with E-state index in [0.717, 1.165) is 51.0 Å². The number of hydrogen-bond donors (Lipinski definition) is 0. The van der Waals surface area contributed by atoms with E-state index in [-0.39, 0.29) is 27.1 Å². The summed E-state index contributed by atoms with van der Waals surface area (Å²) >= 11 is 1.87. The molecular formula is C80H80N4OS. The Balaban J connectivity index is 1.01. The number of nitrogens with zero attached hydrogens (tertiary/aromatic N) is 4. The molecule has 432 valence electrons. The third-order valence-corrected chi connectivity index (χ3v) is 18.9. The van der Waals surface area contributed by atoms with Gasteiger partial charge in [-0.3, -0.25) is 4.57 Å². The summed E-state index contributed by atoms with van der Waals surface area (Å²) in [6, 6.07) is 72.7. The van der Waals surface area contributed by atoms with E-state index in [9.17, 15) is 0 Å². The van der Waals surface area contributed by atoms with Crippen molar-refractivity contribution in [3.63, 3.8) is 0 Å². The van der Waals surface area contributed by atoms with Crippen LogP contribution in [0.1, 0.15) is 132 Å². The van der Waals surface area contributed by atoms with Crippen LogP contribution in [0, 0.1) is 0 Å². The molecule has 6 heteroatoms. The van der Waals surface area contributed by atoms with Gasteiger partial charge >= 0.3 is 0 Å². The van der Waals surface area contributed by atoms with Crippen LogP contribution in [0.15, 0.2) is 200 Å². The van der Waals surface area contributed by atoms with E-state index >= 15 is 0 Å². The molecule has 0 amide bonds. The fourth-order valence-electron chi connectivity index (χ4n) is 13.0. The Hall–Kier alpha value is -8.45. The van der Waals surface area contributed by atoms with Crippen LogP contribution in [-0.4, -0.2) is 16.2 Å². The van der Waals surface area contributed by atoms with Gasteiger partial charge in [-0.2, -0.15) is 0 Å². The second-order valence-corrected chi connectivity index (χ2v) is 30.0. The maximum absolute atomic E-state index is 7.45. The molecule has 9 aromatic carbocycles. The van der Waals surface area contributed by atoms with Crippen molar-refractivity contribution in [3.8, 4) is 50.7 Å². The molecule has 5 nitrogen and oxygen atoms in total. The summed E-state index contributed by atoms with van der Waals surface area (Å²) in [5.41, 5.74) is 19.9. The number of aromatic nitrogens is 2. The molecular weight excluding hydrogens is 1060 g/mol. The second kappa shape index (κ2) is 20.6.